The lowest BCUT2D eigenvalue weighted by Crippen LogP contribution is -2.32. The van der Waals surface area contributed by atoms with E-state index in [-0.39, 0.29) is 18.1 Å². The van der Waals surface area contributed by atoms with Gasteiger partial charge in [0.25, 0.3) is 0 Å². The molecule has 0 spiro atoms. The van der Waals surface area contributed by atoms with Crippen molar-refractivity contribution in [3.63, 3.8) is 0 Å². The summed E-state index contributed by atoms with van der Waals surface area (Å²) in [5.74, 6) is -0.258. The second kappa shape index (κ2) is 6.53. The predicted octanol–water partition coefficient (Wildman–Crippen LogP) is 4.04. The van der Waals surface area contributed by atoms with Crippen molar-refractivity contribution in [1.82, 2.24) is 0 Å². The highest BCUT2D eigenvalue weighted by Gasteiger charge is 2.16. The Bertz CT molecular complexity index is 634. The molecule has 0 fully saturated rings. The van der Waals surface area contributed by atoms with E-state index in [4.69, 9.17) is 0 Å². The van der Waals surface area contributed by atoms with Crippen molar-refractivity contribution in [1.29, 1.82) is 0 Å². The van der Waals surface area contributed by atoms with Crippen molar-refractivity contribution < 1.29 is 9.18 Å². The fourth-order valence-electron chi connectivity index (χ4n) is 2.36. The molecule has 110 valence electrons. The van der Waals surface area contributed by atoms with Crippen molar-refractivity contribution in [3.8, 4) is 0 Å². The van der Waals surface area contributed by atoms with Crippen molar-refractivity contribution in [2.45, 2.75) is 27.2 Å². The number of anilines is 1. The van der Waals surface area contributed by atoms with E-state index >= 15 is 0 Å². The molecule has 2 nitrogen and oxygen atoms in total. The van der Waals surface area contributed by atoms with Gasteiger partial charge in [0, 0.05) is 12.2 Å². The summed E-state index contributed by atoms with van der Waals surface area (Å²) < 4.78 is 12.9. The van der Waals surface area contributed by atoms with Crippen LogP contribution in [0.2, 0.25) is 0 Å². The lowest BCUT2D eigenvalue weighted by molar-refractivity contribution is -0.117. The van der Waals surface area contributed by atoms with E-state index in [9.17, 15) is 9.18 Å². The number of amides is 1. The Labute approximate surface area is 125 Å². The number of carbonyl (C=O) groups excluding carboxylic acids is 1. The molecule has 3 heteroatoms. The van der Waals surface area contributed by atoms with Gasteiger partial charge in [-0.2, -0.15) is 0 Å². The largest absolute Gasteiger partial charge is 0.312 e. The van der Waals surface area contributed by atoms with Gasteiger partial charge in [-0.25, -0.2) is 4.39 Å². The maximum absolute atomic E-state index is 12.9. The summed E-state index contributed by atoms with van der Waals surface area (Å²) in [6, 6.07) is 12.2. The Morgan fingerprint density at radius 2 is 1.76 bits per heavy atom. The zero-order chi connectivity index (χ0) is 15.4. The van der Waals surface area contributed by atoms with Crippen LogP contribution in [0.5, 0.6) is 0 Å². The average Bonchev–Trinajstić information content (AvgIpc) is 2.46. The molecule has 0 aliphatic heterocycles. The monoisotopic (exact) mass is 285 g/mol. The van der Waals surface area contributed by atoms with Gasteiger partial charge in [-0.15, -0.1) is 0 Å². The minimum absolute atomic E-state index is 0.0257. The highest BCUT2D eigenvalue weighted by atomic mass is 19.1. The van der Waals surface area contributed by atoms with Gasteiger partial charge in [-0.05, 0) is 55.7 Å². The van der Waals surface area contributed by atoms with Gasteiger partial charge >= 0.3 is 0 Å². The third kappa shape index (κ3) is 3.69. The molecule has 2 rings (SSSR count). The van der Waals surface area contributed by atoms with Gasteiger partial charge in [0.05, 0.1) is 6.42 Å². The number of hydrogen-bond acceptors (Lipinski definition) is 1. The van der Waals surface area contributed by atoms with E-state index in [2.05, 4.69) is 0 Å². The van der Waals surface area contributed by atoms with Crippen LogP contribution in [0.25, 0.3) is 0 Å². The molecule has 21 heavy (non-hydrogen) atoms. The van der Waals surface area contributed by atoms with E-state index in [1.165, 1.54) is 12.1 Å². The second-order valence-corrected chi connectivity index (χ2v) is 5.23. The highest BCUT2D eigenvalue weighted by Crippen LogP contribution is 2.22. The summed E-state index contributed by atoms with van der Waals surface area (Å²) in [4.78, 5) is 14.3. The topological polar surface area (TPSA) is 20.3 Å². The van der Waals surface area contributed by atoms with E-state index in [1.54, 1.807) is 17.0 Å². The first-order valence-electron chi connectivity index (χ1n) is 7.13. The molecular weight excluding hydrogens is 265 g/mol. The molecule has 1 amide bonds. The van der Waals surface area contributed by atoms with Gasteiger partial charge in [0.1, 0.15) is 5.82 Å². The molecule has 2 aromatic carbocycles. The first-order chi connectivity index (χ1) is 10.0. The van der Waals surface area contributed by atoms with Crippen LogP contribution in [0.4, 0.5) is 10.1 Å². The maximum atomic E-state index is 12.9. The molecule has 0 aliphatic rings. The molecule has 2 aromatic rings. The Hall–Kier alpha value is -2.16. The van der Waals surface area contributed by atoms with Crippen molar-refractivity contribution >= 4 is 11.6 Å². The second-order valence-electron chi connectivity index (χ2n) is 5.23. The van der Waals surface area contributed by atoms with Gasteiger partial charge in [0.15, 0.2) is 0 Å². The van der Waals surface area contributed by atoms with Crippen LogP contribution >= 0.6 is 0 Å². The summed E-state index contributed by atoms with van der Waals surface area (Å²) in [5, 5.41) is 0. The smallest absolute Gasteiger partial charge is 0.231 e. The minimum atomic E-state index is -0.284. The summed E-state index contributed by atoms with van der Waals surface area (Å²) in [5.41, 5.74) is 3.98. The summed E-state index contributed by atoms with van der Waals surface area (Å²) >= 11 is 0. The third-order valence-corrected chi connectivity index (χ3v) is 3.54. The van der Waals surface area contributed by atoms with E-state index < -0.39 is 0 Å². The molecular formula is C18H20FNO. The van der Waals surface area contributed by atoms with E-state index in [1.807, 2.05) is 39.0 Å². The Kier molecular flexibility index (Phi) is 4.73. The number of nitrogens with zero attached hydrogens (tertiary/aromatic N) is 1. The van der Waals surface area contributed by atoms with Crippen LogP contribution in [0.15, 0.2) is 42.5 Å². The standard InChI is InChI=1S/C18H20FNO/c1-4-20(17-11-13(2)5-6-14(17)3)18(21)12-15-7-9-16(19)10-8-15/h5-11H,4,12H2,1-3H3. The molecule has 0 unspecified atom stereocenters. The van der Waals surface area contributed by atoms with Crippen LogP contribution in [-0.2, 0) is 11.2 Å². The fraction of sp³-hybridized carbons (Fsp3) is 0.278. The predicted molar refractivity (Wildman–Crippen MR) is 84.0 cm³/mol. The minimum Gasteiger partial charge on any atom is -0.312 e. The fourth-order valence-corrected chi connectivity index (χ4v) is 2.36. The van der Waals surface area contributed by atoms with Crippen LogP contribution < -0.4 is 4.90 Å². The Morgan fingerprint density at radius 3 is 2.38 bits per heavy atom. The molecule has 0 atom stereocenters. The number of rotatable bonds is 4. The molecule has 0 aromatic heterocycles. The van der Waals surface area contributed by atoms with Crippen LogP contribution in [-0.4, -0.2) is 12.5 Å². The molecule has 0 bridgehead atoms. The van der Waals surface area contributed by atoms with Gasteiger partial charge < -0.3 is 4.90 Å². The molecule has 0 saturated carbocycles. The van der Waals surface area contributed by atoms with Crippen LogP contribution in [0.3, 0.4) is 0 Å². The van der Waals surface area contributed by atoms with Crippen molar-refractivity contribution in [2.75, 3.05) is 11.4 Å². The van der Waals surface area contributed by atoms with Crippen molar-refractivity contribution in [2.24, 2.45) is 0 Å². The summed E-state index contributed by atoms with van der Waals surface area (Å²) in [7, 11) is 0. The Balaban J connectivity index is 2.22. The zero-order valence-corrected chi connectivity index (χ0v) is 12.7. The average molecular weight is 285 g/mol. The third-order valence-electron chi connectivity index (χ3n) is 3.54. The summed E-state index contributed by atoms with van der Waals surface area (Å²) in [6.45, 7) is 6.60. The van der Waals surface area contributed by atoms with Crippen LogP contribution in [0, 0.1) is 19.7 Å². The Morgan fingerprint density at radius 1 is 1.10 bits per heavy atom. The van der Waals surface area contributed by atoms with Gasteiger partial charge in [-0.3, -0.25) is 4.79 Å². The molecule has 0 aliphatic carbocycles. The number of hydrogen-bond donors (Lipinski definition) is 0. The van der Waals surface area contributed by atoms with Gasteiger partial charge in [-0.1, -0.05) is 24.3 Å². The quantitative estimate of drug-likeness (QED) is 0.830. The number of likely N-dealkylation sites (N-methyl/N-ethyl adjacent to an activating group) is 1. The normalized spacial score (nSPS) is 10.5. The van der Waals surface area contributed by atoms with E-state index in [0.717, 1.165) is 22.4 Å². The maximum Gasteiger partial charge on any atom is 0.231 e. The number of halogens is 1. The molecule has 0 saturated heterocycles. The molecule has 0 N–H and O–H groups in total. The lowest BCUT2D eigenvalue weighted by Gasteiger charge is -2.23. The number of carbonyl (C=O) groups is 1. The molecule has 0 radical (unpaired) electrons. The van der Waals surface area contributed by atoms with Crippen molar-refractivity contribution in [3.05, 3.63) is 65.0 Å². The molecule has 0 heterocycles. The first-order valence-corrected chi connectivity index (χ1v) is 7.13. The van der Waals surface area contributed by atoms with Gasteiger partial charge in [0.2, 0.25) is 5.91 Å². The number of benzene rings is 2. The van der Waals surface area contributed by atoms with Crippen LogP contribution in [0.1, 0.15) is 23.6 Å². The summed E-state index contributed by atoms with van der Waals surface area (Å²) in [6.07, 6.45) is 0.279. The lowest BCUT2D eigenvalue weighted by atomic mass is 10.1. The highest BCUT2D eigenvalue weighted by molar-refractivity contribution is 5.95. The number of aryl methyl sites for hydroxylation is 2. The first kappa shape index (κ1) is 15.2. The van der Waals surface area contributed by atoms with E-state index in [0.29, 0.717) is 6.54 Å². The zero-order valence-electron chi connectivity index (χ0n) is 12.7. The SMILES string of the molecule is CCN(C(=O)Cc1ccc(F)cc1)c1cc(C)ccc1C.